The fraction of sp³-hybridized carbons (Fsp3) is 0.167. The normalized spacial score (nSPS) is 10.5. The molecule has 0 radical (unpaired) electrons. The fourth-order valence-corrected chi connectivity index (χ4v) is 2.11. The molecule has 0 bridgehead atoms. The van der Waals surface area contributed by atoms with Crippen LogP contribution in [0.15, 0.2) is 29.6 Å². The third-order valence-electron chi connectivity index (χ3n) is 2.22. The summed E-state index contributed by atoms with van der Waals surface area (Å²) in [5.74, 6) is 0. The minimum atomic E-state index is -2.45. The fourth-order valence-electron chi connectivity index (χ4n) is 1.38. The van der Waals surface area contributed by atoms with Crippen molar-refractivity contribution in [2.45, 2.75) is 13.0 Å². The summed E-state index contributed by atoms with van der Waals surface area (Å²) in [7, 11) is 0. The van der Waals surface area contributed by atoms with Gasteiger partial charge in [0.2, 0.25) is 0 Å². The molecule has 0 unspecified atom stereocenters. The lowest BCUT2D eigenvalue weighted by Gasteiger charge is -2.00. The lowest BCUT2D eigenvalue weighted by atomic mass is 10.1. The van der Waals surface area contributed by atoms with Gasteiger partial charge in [-0.05, 0) is 0 Å². The van der Waals surface area contributed by atoms with Gasteiger partial charge in [-0.15, -0.1) is 11.3 Å². The highest BCUT2D eigenvalue weighted by Crippen LogP contribution is 2.25. The lowest BCUT2D eigenvalue weighted by molar-refractivity contribution is 0.151. The predicted octanol–water partition coefficient (Wildman–Crippen LogP) is 4.17. The van der Waals surface area contributed by atoms with E-state index in [0.29, 0.717) is 0 Å². The number of benzene rings is 1. The quantitative estimate of drug-likeness (QED) is 0.747. The van der Waals surface area contributed by atoms with Crippen LogP contribution in [0.1, 0.15) is 17.0 Å². The lowest BCUT2D eigenvalue weighted by Crippen LogP contribution is -1.85. The highest BCUT2D eigenvalue weighted by atomic mass is 32.1. The van der Waals surface area contributed by atoms with Crippen molar-refractivity contribution in [2.24, 2.45) is 0 Å². The number of hydrogen-bond acceptors (Lipinski definition) is 2. The van der Waals surface area contributed by atoms with E-state index in [1.807, 2.05) is 5.38 Å². The SMILES string of the molecule is [C-]#[N+]Cc1nc(-c2ccc(C(F)F)cc2)cs1. The molecule has 1 aromatic heterocycles. The summed E-state index contributed by atoms with van der Waals surface area (Å²) in [6.07, 6.45) is -2.45. The van der Waals surface area contributed by atoms with Gasteiger partial charge in [-0.1, -0.05) is 24.3 Å². The summed E-state index contributed by atoms with van der Waals surface area (Å²) in [5, 5.41) is 2.57. The first-order valence-corrected chi connectivity index (χ1v) is 5.75. The molecule has 0 amide bonds. The van der Waals surface area contributed by atoms with Gasteiger partial charge < -0.3 is 4.85 Å². The van der Waals surface area contributed by atoms with Gasteiger partial charge >= 0.3 is 0 Å². The maximum atomic E-state index is 12.4. The van der Waals surface area contributed by atoms with E-state index in [9.17, 15) is 8.78 Å². The summed E-state index contributed by atoms with van der Waals surface area (Å²) in [5.41, 5.74) is 1.53. The molecule has 0 spiro atoms. The van der Waals surface area contributed by atoms with Crippen molar-refractivity contribution < 1.29 is 8.78 Å². The molecular formula is C12H8F2N2S. The van der Waals surface area contributed by atoms with E-state index in [4.69, 9.17) is 6.57 Å². The number of rotatable bonds is 3. The largest absolute Gasteiger partial charge is 0.309 e. The molecule has 0 atom stereocenters. The molecule has 2 aromatic rings. The van der Waals surface area contributed by atoms with E-state index in [0.717, 1.165) is 16.3 Å². The number of nitrogens with zero attached hydrogens (tertiary/aromatic N) is 2. The zero-order valence-electron chi connectivity index (χ0n) is 8.73. The number of alkyl halides is 2. The molecule has 0 aliphatic heterocycles. The third kappa shape index (κ3) is 2.66. The molecule has 17 heavy (non-hydrogen) atoms. The topological polar surface area (TPSA) is 17.2 Å². The minimum Gasteiger partial charge on any atom is -0.309 e. The molecule has 5 heteroatoms. The maximum absolute atomic E-state index is 12.4. The van der Waals surface area contributed by atoms with E-state index in [2.05, 4.69) is 9.83 Å². The van der Waals surface area contributed by atoms with Crippen molar-refractivity contribution in [2.75, 3.05) is 0 Å². The molecule has 0 aliphatic rings. The van der Waals surface area contributed by atoms with Crippen molar-refractivity contribution in [1.29, 1.82) is 0 Å². The molecule has 0 aliphatic carbocycles. The van der Waals surface area contributed by atoms with Crippen LogP contribution in [0.3, 0.4) is 0 Å². The summed E-state index contributed by atoms with van der Waals surface area (Å²) in [4.78, 5) is 7.51. The summed E-state index contributed by atoms with van der Waals surface area (Å²) in [6.45, 7) is 7.00. The standard InChI is InChI=1S/C12H8F2N2S/c1-15-6-11-16-10(7-17-11)8-2-4-9(5-3-8)12(13)14/h2-5,7,12H,6H2. The second-order valence-electron chi connectivity index (χ2n) is 3.37. The molecule has 2 rings (SSSR count). The van der Waals surface area contributed by atoms with Gasteiger partial charge in [0.15, 0.2) is 5.01 Å². The first-order chi connectivity index (χ1) is 8.20. The monoisotopic (exact) mass is 250 g/mol. The molecule has 2 nitrogen and oxygen atoms in total. The number of aromatic nitrogens is 1. The Morgan fingerprint density at radius 3 is 2.59 bits per heavy atom. The third-order valence-corrected chi connectivity index (χ3v) is 3.06. The maximum Gasteiger partial charge on any atom is 0.265 e. The van der Waals surface area contributed by atoms with Crippen molar-refractivity contribution in [3.8, 4) is 11.3 Å². The Labute approximate surface area is 101 Å². The van der Waals surface area contributed by atoms with Gasteiger partial charge in [-0.25, -0.2) is 20.3 Å². The van der Waals surface area contributed by atoms with Crippen LogP contribution < -0.4 is 0 Å². The number of hydrogen-bond donors (Lipinski definition) is 0. The van der Waals surface area contributed by atoms with E-state index in [1.54, 1.807) is 12.1 Å². The second kappa shape index (κ2) is 5.02. The Bertz CT molecular complexity index is 540. The Morgan fingerprint density at radius 1 is 1.29 bits per heavy atom. The van der Waals surface area contributed by atoms with Crippen LogP contribution in [0, 0.1) is 6.57 Å². The van der Waals surface area contributed by atoms with Crippen molar-refractivity contribution in [1.82, 2.24) is 4.98 Å². The van der Waals surface area contributed by atoms with Crippen LogP contribution in [0.2, 0.25) is 0 Å². The van der Waals surface area contributed by atoms with E-state index >= 15 is 0 Å². The average molecular weight is 250 g/mol. The van der Waals surface area contributed by atoms with Gasteiger partial charge in [-0.2, -0.15) is 0 Å². The highest BCUT2D eigenvalue weighted by Gasteiger charge is 2.09. The Morgan fingerprint density at radius 2 is 2.00 bits per heavy atom. The van der Waals surface area contributed by atoms with E-state index in [1.165, 1.54) is 23.5 Å². The summed E-state index contributed by atoms with van der Waals surface area (Å²) in [6, 6.07) is 6.04. The summed E-state index contributed by atoms with van der Waals surface area (Å²) >= 11 is 1.41. The molecule has 86 valence electrons. The molecule has 1 heterocycles. The minimum absolute atomic E-state index is 0.00496. The van der Waals surface area contributed by atoms with Gasteiger partial charge in [-0.3, -0.25) is 0 Å². The molecule has 0 saturated heterocycles. The van der Waals surface area contributed by atoms with E-state index in [-0.39, 0.29) is 12.1 Å². The number of halogens is 2. The molecule has 0 saturated carbocycles. The Balaban J connectivity index is 2.24. The first kappa shape index (κ1) is 11.7. The molecule has 0 N–H and O–H groups in total. The summed E-state index contributed by atoms with van der Waals surface area (Å²) < 4.78 is 24.7. The highest BCUT2D eigenvalue weighted by molar-refractivity contribution is 7.09. The second-order valence-corrected chi connectivity index (χ2v) is 4.31. The van der Waals surface area contributed by atoms with Gasteiger partial charge in [0, 0.05) is 16.5 Å². The van der Waals surface area contributed by atoms with Crippen molar-refractivity contribution >= 4 is 11.3 Å². The van der Waals surface area contributed by atoms with Gasteiger partial charge in [0.1, 0.15) is 0 Å². The zero-order chi connectivity index (χ0) is 12.3. The number of thiazole rings is 1. The van der Waals surface area contributed by atoms with E-state index < -0.39 is 6.43 Å². The van der Waals surface area contributed by atoms with Crippen LogP contribution in [-0.4, -0.2) is 4.98 Å². The average Bonchev–Trinajstić information content (AvgIpc) is 2.78. The Hall–Kier alpha value is -1.80. The molecular weight excluding hydrogens is 242 g/mol. The molecule has 0 fully saturated rings. The van der Waals surface area contributed by atoms with Crippen LogP contribution in [0.5, 0.6) is 0 Å². The van der Waals surface area contributed by atoms with Crippen LogP contribution in [0.25, 0.3) is 16.1 Å². The smallest absolute Gasteiger partial charge is 0.265 e. The van der Waals surface area contributed by atoms with Crippen LogP contribution >= 0.6 is 11.3 Å². The Kier molecular flexibility index (Phi) is 3.45. The van der Waals surface area contributed by atoms with Crippen LogP contribution in [-0.2, 0) is 6.54 Å². The predicted molar refractivity (Wildman–Crippen MR) is 62.8 cm³/mol. The van der Waals surface area contributed by atoms with Gasteiger partial charge in [0.05, 0.1) is 5.69 Å². The zero-order valence-corrected chi connectivity index (χ0v) is 9.55. The van der Waals surface area contributed by atoms with Crippen molar-refractivity contribution in [3.05, 3.63) is 51.6 Å². The van der Waals surface area contributed by atoms with Crippen LogP contribution in [0.4, 0.5) is 8.78 Å². The van der Waals surface area contributed by atoms with Crippen molar-refractivity contribution in [3.63, 3.8) is 0 Å². The first-order valence-electron chi connectivity index (χ1n) is 4.87. The van der Waals surface area contributed by atoms with Gasteiger partial charge in [0.25, 0.3) is 13.0 Å². The molecule has 1 aromatic carbocycles.